The number of nitrogens with zero attached hydrogens (tertiary/aromatic N) is 1. The van der Waals surface area contributed by atoms with E-state index < -0.39 is 0 Å². The number of rotatable bonds is 3. The van der Waals surface area contributed by atoms with Crippen LogP contribution in [0.1, 0.15) is 13.8 Å². The van der Waals surface area contributed by atoms with Crippen molar-refractivity contribution in [3.63, 3.8) is 0 Å². The van der Waals surface area contributed by atoms with Crippen molar-refractivity contribution in [3.8, 4) is 0 Å². The predicted molar refractivity (Wildman–Crippen MR) is 52.4 cm³/mol. The SMILES string of the molecule is CC(C)(CN)CN1C(=O)CNCC1=O. The maximum absolute atomic E-state index is 11.4. The molecular weight excluding hydrogens is 182 g/mol. The molecule has 0 atom stereocenters. The zero-order chi connectivity index (χ0) is 10.8. The van der Waals surface area contributed by atoms with Gasteiger partial charge in [0.2, 0.25) is 11.8 Å². The van der Waals surface area contributed by atoms with Crippen LogP contribution in [0.3, 0.4) is 0 Å². The summed E-state index contributed by atoms with van der Waals surface area (Å²) in [6, 6.07) is 0. The summed E-state index contributed by atoms with van der Waals surface area (Å²) in [6.45, 7) is 5.23. The molecule has 1 fully saturated rings. The van der Waals surface area contributed by atoms with Crippen molar-refractivity contribution < 1.29 is 9.59 Å². The molecule has 5 nitrogen and oxygen atoms in total. The van der Waals surface area contributed by atoms with E-state index in [2.05, 4.69) is 5.32 Å². The molecule has 3 N–H and O–H groups in total. The van der Waals surface area contributed by atoms with Crippen molar-refractivity contribution in [3.05, 3.63) is 0 Å². The van der Waals surface area contributed by atoms with E-state index in [4.69, 9.17) is 5.73 Å². The standard InChI is InChI=1S/C9H17N3O2/c1-9(2,5-10)6-12-7(13)3-11-4-8(12)14/h11H,3-6,10H2,1-2H3. The normalized spacial score (nSPS) is 18.9. The molecule has 0 saturated carbocycles. The number of imide groups is 1. The summed E-state index contributed by atoms with van der Waals surface area (Å²) in [7, 11) is 0. The summed E-state index contributed by atoms with van der Waals surface area (Å²) >= 11 is 0. The lowest BCUT2D eigenvalue weighted by Crippen LogP contribution is -2.55. The van der Waals surface area contributed by atoms with Crippen LogP contribution >= 0.6 is 0 Å². The molecule has 0 bridgehead atoms. The van der Waals surface area contributed by atoms with Gasteiger partial charge in [-0.3, -0.25) is 19.8 Å². The van der Waals surface area contributed by atoms with Crippen LogP contribution in [0.5, 0.6) is 0 Å². The Labute approximate surface area is 83.6 Å². The molecule has 0 radical (unpaired) electrons. The van der Waals surface area contributed by atoms with Gasteiger partial charge in [0.15, 0.2) is 0 Å². The van der Waals surface area contributed by atoms with Gasteiger partial charge in [-0.05, 0) is 12.0 Å². The van der Waals surface area contributed by atoms with Crippen LogP contribution in [0.15, 0.2) is 0 Å². The van der Waals surface area contributed by atoms with E-state index in [9.17, 15) is 9.59 Å². The zero-order valence-corrected chi connectivity index (χ0v) is 8.67. The number of nitrogens with two attached hydrogens (primary N) is 1. The van der Waals surface area contributed by atoms with Crippen LogP contribution in [0, 0.1) is 5.41 Å². The largest absolute Gasteiger partial charge is 0.330 e. The fourth-order valence-electron chi connectivity index (χ4n) is 1.28. The van der Waals surface area contributed by atoms with Crippen LogP contribution in [-0.4, -0.2) is 42.9 Å². The predicted octanol–water partition coefficient (Wildman–Crippen LogP) is -1.07. The van der Waals surface area contributed by atoms with E-state index in [1.165, 1.54) is 4.90 Å². The molecule has 80 valence electrons. The highest BCUT2D eigenvalue weighted by Crippen LogP contribution is 2.15. The van der Waals surface area contributed by atoms with E-state index in [1.54, 1.807) is 0 Å². The second-order valence-electron chi connectivity index (χ2n) is 4.35. The van der Waals surface area contributed by atoms with E-state index >= 15 is 0 Å². The molecular formula is C9H17N3O2. The molecule has 5 heteroatoms. The lowest BCUT2D eigenvalue weighted by atomic mass is 9.93. The quantitative estimate of drug-likeness (QED) is 0.567. The van der Waals surface area contributed by atoms with Gasteiger partial charge >= 0.3 is 0 Å². The smallest absolute Gasteiger partial charge is 0.243 e. The molecule has 2 amide bonds. The minimum absolute atomic E-state index is 0.164. The van der Waals surface area contributed by atoms with Crippen molar-refractivity contribution in [1.29, 1.82) is 0 Å². The third-order valence-electron chi connectivity index (χ3n) is 2.29. The third-order valence-corrected chi connectivity index (χ3v) is 2.29. The molecule has 0 aromatic heterocycles. The number of amides is 2. The number of hydrogen-bond donors (Lipinski definition) is 2. The first-order valence-electron chi connectivity index (χ1n) is 4.70. The van der Waals surface area contributed by atoms with Gasteiger partial charge in [0.05, 0.1) is 13.1 Å². The Morgan fingerprint density at radius 2 is 1.86 bits per heavy atom. The molecule has 1 saturated heterocycles. The van der Waals surface area contributed by atoms with Crippen molar-refractivity contribution in [2.45, 2.75) is 13.8 Å². The minimum Gasteiger partial charge on any atom is -0.330 e. The molecule has 1 aliphatic rings. The average Bonchev–Trinajstić information content (AvgIpc) is 2.12. The van der Waals surface area contributed by atoms with E-state index in [1.807, 2.05) is 13.8 Å². The van der Waals surface area contributed by atoms with Crippen LogP contribution in [0.2, 0.25) is 0 Å². The summed E-state index contributed by atoms with van der Waals surface area (Å²) in [5, 5.41) is 2.75. The van der Waals surface area contributed by atoms with Gasteiger partial charge in [-0.15, -0.1) is 0 Å². The molecule has 0 aromatic carbocycles. The highest BCUT2D eigenvalue weighted by molar-refractivity contribution is 5.99. The first kappa shape index (κ1) is 11.1. The Hall–Kier alpha value is -0.940. The molecule has 0 unspecified atom stereocenters. The van der Waals surface area contributed by atoms with Crippen LogP contribution in [-0.2, 0) is 9.59 Å². The number of carbonyl (C=O) groups excluding carboxylic acids is 2. The van der Waals surface area contributed by atoms with Crippen molar-refractivity contribution in [2.75, 3.05) is 26.2 Å². The highest BCUT2D eigenvalue weighted by Gasteiger charge is 2.30. The lowest BCUT2D eigenvalue weighted by Gasteiger charge is -2.32. The van der Waals surface area contributed by atoms with Gasteiger partial charge in [-0.25, -0.2) is 0 Å². The maximum Gasteiger partial charge on any atom is 0.243 e. The lowest BCUT2D eigenvalue weighted by molar-refractivity contribution is -0.148. The fraction of sp³-hybridized carbons (Fsp3) is 0.778. The summed E-state index contributed by atoms with van der Waals surface area (Å²) < 4.78 is 0. The van der Waals surface area contributed by atoms with Gasteiger partial charge in [-0.1, -0.05) is 13.8 Å². The highest BCUT2D eigenvalue weighted by atomic mass is 16.2. The Kier molecular flexibility index (Phi) is 3.23. The Bertz CT molecular complexity index is 234. The summed E-state index contributed by atoms with van der Waals surface area (Å²) in [4.78, 5) is 24.1. The number of nitrogens with one attached hydrogen (secondary N) is 1. The Morgan fingerprint density at radius 1 is 1.36 bits per heavy atom. The number of piperazine rings is 1. The Morgan fingerprint density at radius 3 is 2.29 bits per heavy atom. The first-order chi connectivity index (χ1) is 6.46. The topological polar surface area (TPSA) is 75.4 Å². The molecule has 1 heterocycles. The zero-order valence-electron chi connectivity index (χ0n) is 8.67. The molecule has 1 aliphatic heterocycles. The van der Waals surface area contributed by atoms with Crippen LogP contribution in [0.4, 0.5) is 0 Å². The van der Waals surface area contributed by atoms with Gasteiger partial charge < -0.3 is 5.73 Å². The first-order valence-corrected chi connectivity index (χ1v) is 4.70. The van der Waals surface area contributed by atoms with Gasteiger partial charge in [-0.2, -0.15) is 0 Å². The number of hydrogen-bond acceptors (Lipinski definition) is 4. The van der Waals surface area contributed by atoms with Crippen molar-refractivity contribution >= 4 is 11.8 Å². The summed E-state index contributed by atoms with van der Waals surface area (Å²) in [5.41, 5.74) is 5.34. The second-order valence-corrected chi connectivity index (χ2v) is 4.35. The fourth-order valence-corrected chi connectivity index (χ4v) is 1.28. The van der Waals surface area contributed by atoms with E-state index in [0.717, 1.165) is 0 Å². The third kappa shape index (κ3) is 2.52. The molecule has 0 aromatic rings. The molecule has 14 heavy (non-hydrogen) atoms. The second kappa shape index (κ2) is 4.06. The maximum atomic E-state index is 11.4. The molecule has 1 rings (SSSR count). The van der Waals surface area contributed by atoms with Crippen LogP contribution in [0.25, 0.3) is 0 Å². The summed E-state index contributed by atoms with van der Waals surface area (Å²) in [5.74, 6) is -0.328. The van der Waals surface area contributed by atoms with Crippen molar-refractivity contribution in [1.82, 2.24) is 10.2 Å². The van der Waals surface area contributed by atoms with E-state index in [-0.39, 0.29) is 30.3 Å². The Balaban J connectivity index is 2.65. The van der Waals surface area contributed by atoms with Gasteiger partial charge in [0.1, 0.15) is 0 Å². The van der Waals surface area contributed by atoms with Crippen LogP contribution < -0.4 is 11.1 Å². The number of carbonyl (C=O) groups is 2. The molecule has 0 spiro atoms. The van der Waals surface area contributed by atoms with Gasteiger partial charge in [0.25, 0.3) is 0 Å². The van der Waals surface area contributed by atoms with E-state index in [0.29, 0.717) is 13.1 Å². The monoisotopic (exact) mass is 199 g/mol. The van der Waals surface area contributed by atoms with Gasteiger partial charge in [0, 0.05) is 6.54 Å². The molecule has 0 aliphatic carbocycles. The minimum atomic E-state index is -0.206. The average molecular weight is 199 g/mol. The van der Waals surface area contributed by atoms with Crippen molar-refractivity contribution in [2.24, 2.45) is 11.1 Å². The summed E-state index contributed by atoms with van der Waals surface area (Å²) in [6.07, 6.45) is 0.